The van der Waals surface area contributed by atoms with E-state index in [1.807, 2.05) is 12.1 Å². The van der Waals surface area contributed by atoms with E-state index >= 15 is 0 Å². The van der Waals surface area contributed by atoms with Crippen molar-refractivity contribution in [1.29, 1.82) is 0 Å². The van der Waals surface area contributed by atoms with Crippen LogP contribution in [0, 0.1) is 0 Å². The highest BCUT2D eigenvalue weighted by Gasteiger charge is 2.03. The van der Waals surface area contributed by atoms with Crippen molar-refractivity contribution < 1.29 is 4.74 Å². The Morgan fingerprint density at radius 2 is 2.33 bits per heavy atom. The molecule has 0 saturated heterocycles. The lowest BCUT2D eigenvalue weighted by Crippen LogP contribution is -2.26. The molecule has 0 aliphatic rings. The molecule has 1 rings (SSSR count). The van der Waals surface area contributed by atoms with Crippen LogP contribution in [-0.2, 0) is 11.3 Å². The summed E-state index contributed by atoms with van der Waals surface area (Å²) in [6.07, 6.45) is 1.74. The second-order valence-electron chi connectivity index (χ2n) is 3.35. The van der Waals surface area contributed by atoms with Crippen molar-refractivity contribution in [1.82, 2.24) is 9.88 Å². The van der Waals surface area contributed by atoms with Gasteiger partial charge < -0.3 is 4.74 Å². The Morgan fingerprint density at radius 1 is 1.53 bits per heavy atom. The molecule has 0 aromatic carbocycles. The molecule has 3 nitrogen and oxygen atoms in total. The van der Waals surface area contributed by atoms with Gasteiger partial charge in [0.25, 0.3) is 0 Å². The van der Waals surface area contributed by atoms with Crippen LogP contribution in [0.25, 0.3) is 0 Å². The van der Waals surface area contributed by atoms with Crippen molar-refractivity contribution in [2.75, 3.05) is 26.8 Å². The average molecular weight is 229 g/mol. The second kappa shape index (κ2) is 6.77. The normalized spacial score (nSPS) is 10.9. The van der Waals surface area contributed by atoms with Crippen LogP contribution in [0.5, 0.6) is 0 Å². The molecule has 0 fully saturated rings. The SMILES string of the molecule is CCN(CCOC)Cc1ccnc(Cl)c1. The summed E-state index contributed by atoms with van der Waals surface area (Å²) in [6.45, 7) is 5.73. The van der Waals surface area contributed by atoms with Gasteiger partial charge in [0.15, 0.2) is 0 Å². The number of rotatable bonds is 6. The molecule has 1 aromatic rings. The third-order valence-electron chi connectivity index (χ3n) is 2.26. The number of pyridine rings is 1. The lowest BCUT2D eigenvalue weighted by molar-refractivity contribution is 0.147. The highest BCUT2D eigenvalue weighted by molar-refractivity contribution is 6.29. The molecule has 0 amide bonds. The number of methoxy groups -OCH3 is 1. The smallest absolute Gasteiger partial charge is 0.129 e. The van der Waals surface area contributed by atoms with E-state index in [0.717, 1.165) is 26.2 Å². The van der Waals surface area contributed by atoms with Gasteiger partial charge in [-0.3, -0.25) is 4.90 Å². The Hall–Kier alpha value is -0.640. The van der Waals surface area contributed by atoms with E-state index in [1.54, 1.807) is 13.3 Å². The summed E-state index contributed by atoms with van der Waals surface area (Å²) < 4.78 is 5.06. The maximum absolute atomic E-state index is 5.82. The predicted molar refractivity (Wildman–Crippen MR) is 62.1 cm³/mol. The number of hydrogen-bond acceptors (Lipinski definition) is 3. The van der Waals surface area contributed by atoms with E-state index < -0.39 is 0 Å². The van der Waals surface area contributed by atoms with Gasteiger partial charge in [-0.25, -0.2) is 4.98 Å². The monoisotopic (exact) mass is 228 g/mol. The molecule has 0 unspecified atom stereocenters. The minimum absolute atomic E-state index is 0.551. The van der Waals surface area contributed by atoms with Crippen molar-refractivity contribution >= 4 is 11.6 Å². The van der Waals surface area contributed by atoms with Gasteiger partial charge in [0, 0.05) is 26.4 Å². The Balaban J connectivity index is 2.50. The summed E-state index contributed by atoms with van der Waals surface area (Å²) >= 11 is 5.82. The maximum atomic E-state index is 5.82. The molecule has 0 aliphatic heterocycles. The van der Waals surface area contributed by atoms with Crippen molar-refractivity contribution in [3.63, 3.8) is 0 Å². The Labute approximate surface area is 96.0 Å². The third kappa shape index (κ3) is 4.60. The molecule has 0 saturated carbocycles. The Morgan fingerprint density at radius 3 is 2.93 bits per heavy atom. The van der Waals surface area contributed by atoms with Gasteiger partial charge in [0.1, 0.15) is 5.15 Å². The second-order valence-corrected chi connectivity index (χ2v) is 3.74. The van der Waals surface area contributed by atoms with Crippen LogP contribution in [0.15, 0.2) is 18.3 Å². The molecule has 0 radical (unpaired) electrons. The van der Waals surface area contributed by atoms with Crippen LogP contribution in [0.4, 0.5) is 0 Å². The summed E-state index contributed by atoms with van der Waals surface area (Å²) in [6, 6.07) is 3.89. The quantitative estimate of drug-likeness (QED) is 0.698. The van der Waals surface area contributed by atoms with E-state index in [0.29, 0.717) is 5.15 Å². The van der Waals surface area contributed by atoms with E-state index in [9.17, 15) is 0 Å². The van der Waals surface area contributed by atoms with E-state index in [2.05, 4.69) is 16.8 Å². The Kier molecular flexibility index (Phi) is 5.61. The van der Waals surface area contributed by atoms with Crippen LogP contribution in [0.3, 0.4) is 0 Å². The lowest BCUT2D eigenvalue weighted by atomic mass is 10.2. The molecule has 1 heterocycles. The molecule has 0 spiro atoms. The molecule has 0 atom stereocenters. The first-order valence-corrected chi connectivity index (χ1v) is 5.45. The summed E-state index contributed by atoms with van der Waals surface area (Å²) in [4.78, 5) is 6.26. The van der Waals surface area contributed by atoms with Gasteiger partial charge in [0.2, 0.25) is 0 Å². The summed E-state index contributed by atoms with van der Waals surface area (Å²) in [5.74, 6) is 0. The van der Waals surface area contributed by atoms with Gasteiger partial charge in [0.05, 0.1) is 6.61 Å². The number of hydrogen-bond donors (Lipinski definition) is 0. The van der Waals surface area contributed by atoms with Crippen molar-refractivity contribution in [2.24, 2.45) is 0 Å². The molecular formula is C11H17ClN2O. The first-order chi connectivity index (χ1) is 7.26. The zero-order chi connectivity index (χ0) is 11.1. The number of likely N-dealkylation sites (N-methyl/N-ethyl adjacent to an activating group) is 1. The molecule has 4 heteroatoms. The van der Waals surface area contributed by atoms with E-state index in [4.69, 9.17) is 16.3 Å². The number of aromatic nitrogens is 1. The molecule has 1 aromatic heterocycles. The minimum Gasteiger partial charge on any atom is -0.383 e. The molecule has 15 heavy (non-hydrogen) atoms. The highest BCUT2D eigenvalue weighted by atomic mass is 35.5. The lowest BCUT2D eigenvalue weighted by Gasteiger charge is -2.19. The minimum atomic E-state index is 0.551. The number of ether oxygens (including phenoxy) is 1. The van der Waals surface area contributed by atoms with E-state index in [-0.39, 0.29) is 0 Å². The summed E-state index contributed by atoms with van der Waals surface area (Å²) in [7, 11) is 1.72. The average Bonchev–Trinajstić information content (AvgIpc) is 2.24. The molecule has 84 valence electrons. The van der Waals surface area contributed by atoms with Crippen LogP contribution in [0.1, 0.15) is 12.5 Å². The van der Waals surface area contributed by atoms with E-state index in [1.165, 1.54) is 5.56 Å². The zero-order valence-corrected chi connectivity index (χ0v) is 10.00. The van der Waals surface area contributed by atoms with Gasteiger partial charge >= 0.3 is 0 Å². The summed E-state index contributed by atoms with van der Waals surface area (Å²) in [5, 5.41) is 0.551. The maximum Gasteiger partial charge on any atom is 0.129 e. The van der Waals surface area contributed by atoms with Gasteiger partial charge in [-0.15, -0.1) is 0 Å². The largest absolute Gasteiger partial charge is 0.383 e. The van der Waals surface area contributed by atoms with Gasteiger partial charge in [-0.1, -0.05) is 18.5 Å². The first kappa shape index (κ1) is 12.4. The molecule has 0 bridgehead atoms. The Bertz CT molecular complexity index is 294. The van der Waals surface area contributed by atoms with Crippen molar-refractivity contribution in [3.05, 3.63) is 29.0 Å². The molecular weight excluding hydrogens is 212 g/mol. The fourth-order valence-corrected chi connectivity index (χ4v) is 1.56. The van der Waals surface area contributed by atoms with Gasteiger partial charge in [-0.2, -0.15) is 0 Å². The van der Waals surface area contributed by atoms with Crippen molar-refractivity contribution in [3.8, 4) is 0 Å². The molecule has 0 aliphatic carbocycles. The standard InChI is InChI=1S/C11H17ClN2O/c1-3-14(6-7-15-2)9-10-4-5-13-11(12)8-10/h4-5,8H,3,6-7,9H2,1-2H3. The fourth-order valence-electron chi connectivity index (χ4n) is 1.37. The van der Waals surface area contributed by atoms with Crippen molar-refractivity contribution in [2.45, 2.75) is 13.5 Å². The number of halogens is 1. The summed E-state index contributed by atoms with van der Waals surface area (Å²) in [5.41, 5.74) is 1.19. The van der Waals surface area contributed by atoms with Crippen LogP contribution >= 0.6 is 11.6 Å². The predicted octanol–water partition coefficient (Wildman–Crippen LogP) is 2.20. The number of nitrogens with zero attached hydrogens (tertiary/aromatic N) is 2. The zero-order valence-electron chi connectivity index (χ0n) is 9.24. The van der Waals surface area contributed by atoms with Crippen LogP contribution in [-0.4, -0.2) is 36.7 Å². The first-order valence-electron chi connectivity index (χ1n) is 5.08. The highest BCUT2D eigenvalue weighted by Crippen LogP contribution is 2.09. The van der Waals surface area contributed by atoms with Crippen LogP contribution in [0.2, 0.25) is 5.15 Å². The molecule has 0 N–H and O–H groups in total. The topological polar surface area (TPSA) is 25.4 Å². The van der Waals surface area contributed by atoms with Crippen LogP contribution < -0.4 is 0 Å². The fraction of sp³-hybridized carbons (Fsp3) is 0.545. The third-order valence-corrected chi connectivity index (χ3v) is 2.46. The van der Waals surface area contributed by atoms with Gasteiger partial charge in [-0.05, 0) is 24.2 Å².